The van der Waals surface area contributed by atoms with Crippen molar-refractivity contribution in [2.24, 2.45) is 0 Å². The van der Waals surface area contributed by atoms with E-state index in [0.717, 1.165) is 10.6 Å². The Kier molecular flexibility index (Phi) is 7.22. The lowest BCUT2D eigenvalue weighted by Gasteiger charge is -2.20. The fourth-order valence-corrected chi connectivity index (χ4v) is 3.54. The van der Waals surface area contributed by atoms with Crippen molar-refractivity contribution < 1.29 is 26.7 Å². The van der Waals surface area contributed by atoms with E-state index in [9.17, 15) is 26.7 Å². The number of hydrogen-bond donors (Lipinski definition) is 3. The molecule has 0 amide bonds. The molecule has 2 heterocycles. The highest BCUT2D eigenvalue weighted by molar-refractivity contribution is 7.92. The molecule has 3 N–H and O–H groups in total. The summed E-state index contributed by atoms with van der Waals surface area (Å²) in [4.78, 5) is 11.8. The Bertz CT molecular complexity index is 1290. The van der Waals surface area contributed by atoms with Gasteiger partial charge in [0, 0.05) is 37.2 Å². The lowest BCUT2D eigenvalue weighted by atomic mass is 9.98. The monoisotopic (exact) mass is 510 g/mol. The fourth-order valence-electron chi connectivity index (χ4n) is 3.06. The number of nitrogens with one attached hydrogen (secondary N) is 2. The Morgan fingerprint density at radius 3 is 2.31 bits per heavy atom. The molecule has 9 nitrogen and oxygen atoms in total. The molecule has 0 saturated carbocycles. The van der Waals surface area contributed by atoms with Crippen molar-refractivity contribution in [3.8, 4) is 0 Å². The number of nitrogens with zero attached hydrogens (tertiary/aromatic N) is 4. The molecule has 0 atom stereocenters. The normalized spacial score (nSPS) is 12.3. The first-order chi connectivity index (χ1) is 16.2. The van der Waals surface area contributed by atoms with E-state index in [2.05, 4.69) is 25.6 Å². The maximum atomic E-state index is 13.6. The van der Waals surface area contributed by atoms with Crippen LogP contribution >= 0.6 is 0 Å². The van der Waals surface area contributed by atoms with Crippen molar-refractivity contribution in [1.29, 1.82) is 0 Å². The van der Waals surface area contributed by atoms with E-state index in [-0.39, 0.29) is 18.3 Å². The third kappa shape index (κ3) is 6.57. The van der Waals surface area contributed by atoms with Gasteiger partial charge in [-0.15, -0.1) is 0 Å². The molecule has 0 aliphatic heterocycles. The van der Waals surface area contributed by atoms with Gasteiger partial charge < -0.3 is 15.7 Å². The smallest absolute Gasteiger partial charge is 0.386 e. The summed E-state index contributed by atoms with van der Waals surface area (Å²) in [6, 6.07) is 9.73. The van der Waals surface area contributed by atoms with E-state index >= 15 is 0 Å². The van der Waals surface area contributed by atoms with E-state index in [0.29, 0.717) is 23.0 Å². The maximum absolute atomic E-state index is 13.6. The number of halogens is 3. The van der Waals surface area contributed by atoms with Gasteiger partial charge in [0.1, 0.15) is 17.2 Å². The first kappa shape index (κ1) is 26.2. The van der Waals surface area contributed by atoms with Crippen LogP contribution in [0.15, 0.2) is 48.8 Å². The van der Waals surface area contributed by atoms with Gasteiger partial charge in [0.2, 0.25) is 16.0 Å². The van der Waals surface area contributed by atoms with Crippen molar-refractivity contribution in [3.05, 3.63) is 65.5 Å². The predicted octanol–water partition coefficient (Wildman–Crippen LogP) is 3.87. The summed E-state index contributed by atoms with van der Waals surface area (Å²) in [5, 5.41) is 15.5. The van der Waals surface area contributed by atoms with E-state index in [1.165, 1.54) is 13.2 Å². The summed E-state index contributed by atoms with van der Waals surface area (Å²) >= 11 is 0. The Labute approximate surface area is 201 Å². The summed E-state index contributed by atoms with van der Waals surface area (Å²) in [7, 11) is -2.33. The van der Waals surface area contributed by atoms with Gasteiger partial charge in [-0.3, -0.25) is 4.31 Å². The minimum absolute atomic E-state index is 0.0790. The largest absolute Gasteiger partial charge is 0.421 e. The number of sulfonamides is 1. The molecule has 0 unspecified atom stereocenters. The van der Waals surface area contributed by atoms with Crippen LogP contribution in [0, 0.1) is 0 Å². The highest BCUT2D eigenvalue weighted by atomic mass is 32.2. The second-order valence-corrected chi connectivity index (χ2v) is 10.3. The quantitative estimate of drug-likeness (QED) is 0.418. The van der Waals surface area contributed by atoms with E-state index < -0.39 is 33.2 Å². The molecule has 3 aromatic rings. The number of rotatable bonds is 8. The van der Waals surface area contributed by atoms with Gasteiger partial charge in [0.15, 0.2) is 0 Å². The second-order valence-electron chi connectivity index (χ2n) is 8.29. The molecule has 2 aromatic heterocycles. The highest BCUT2D eigenvalue weighted by Crippen LogP contribution is 2.34. The average Bonchev–Trinajstić information content (AvgIpc) is 2.76. The highest BCUT2D eigenvalue weighted by Gasteiger charge is 2.35. The van der Waals surface area contributed by atoms with Crippen molar-refractivity contribution in [2.45, 2.75) is 32.2 Å². The number of aromatic nitrogens is 3. The van der Waals surface area contributed by atoms with Gasteiger partial charge in [-0.25, -0.2) is 18.4 Å². The molecule has 0 spiro atoms. The van der Waals surface area contributed by atoms with Gasteiger partial charge in [-0.05, 0) is 37.6 Å². The molecule has 3 rings (SSSR count). The Hall–Kier alpha value is -3.45. The molecule has 1 aromatic carbocycles. The lowest BCUT2D eigenvalue weighted by Crippen LogP contribution is -2.27. The summed E-state index contributed by atoms with van der Waals surface area (Å²) in [5.74, 6) is -0.494. The molecule has 0 fully saturated rings. The van der Waals surface area contributed by atoms with Crippen molar-refractivity contribution in [2.75, 3.05) is 28.2 Å². The topological polar surface area (TPSA) is 120 Å². The van der Waals surface area contributed by atoms with E-state index in [4.69, 9.17) is 0 Å². The molecular weight excluding hydrogens is 485 g/mol. The summed E-state index contributed by atoms with van der Waals surface area (Å²) in [6.07, 6.45) is -1.68. The molecule has 35 heavy (non-hydrogen) atoms. The minimum Gasteiger partial charge on any atom is -0.386 e. The fraction of sp³-hybridized carbons (Fsp3) is 0.318. The Balaban J connectivity index is 1.89. The number of anilines is 4. The molecule has 0 saturated heterocycles. The third-order valence-corrected chi connectivity index (χ3v) is 6.22. The van der Waals surface area contributed by atoms with Gasteiger partial charge in [-0.1, -0.05) is 18.2 Å². The van der Waals surface area contributed by atoms with Crippen LogP contribution in [0.5, 0.6) is 0 Å². The standard InChI is InChI=1S/C22H25F3N6O3S/c1-21(2,32)15-7-9-16(10-8-15)29-20-28-13-17(22(23,24)25)18(30-20)27-12-14-6-5-11-26-19(14)31(3)35(4,33)34/h5-11,13,32H,12H2,1-4H3,(H2,27,28,29,30). The van der Waals surface area contributed by atoms with Crippen molar-refractivity contribution >= 4 is 33.3 Å². The van der Waals surface area contributed by atoms with Gasteiger partial charge in [0.25, 0.3) is 0 Å². The summed E-state index contributed by atoms with van der Waals surface area (Å²) in [6.45, 7) is 3.09. The number of aliphatic hydroxyl groups is 1. The molecule has 188 valence electrons. The van der Waals surface area contributed by atoms with Crippen LogP contribution in [-0.4, -0.2) is 41.8 Å². The van der Waals surface area contributed by atoms with Crippen LogP contribution in [0.25, 0.3) is 0 Å². The third-order valence-electron chi connectivity index (χ3n) is 5.05. The van der Waals surface area contributed by atoms with Crippen LogP contribution in [0.3, 0.4) is 0 Å². The molecular formula is C22H25F3N6O3S. The average molecular weight is 511 g/mol. The van der Waals surface area contributed by atoms with E-state index in [1.54, 1.807) is 50.2 Å². The summed E-state index contributed by atoms with van der Waals surface area (Å²) in [5.41, 5.74) is -0.610. The minimum atomic E-state index is -4.73. The number of hydrogen-bond acceptors (Lipinski definition) is 8. The SMILES string of the molecule is CN(c1ncccc1CNc1nc(Nc2ccc(C(C)(C)O)cc2)ncc1C(F)(F)F)S(C)(=O)=O. The molecule has 0 aliphatic rings. The van der Waals surface area contributed by atoms with Crippen LogP contribution in [-0.2, 0) is 28.3 Å². The lowest BCUT2D eigenvalue weighted by molar-refractivity contribution is -0.137. The maximum Gasteiger partial charge on any atom is 0.421 e. The number of benzene rings is 1. The Morgan fingerprint density at radius 2 is 1.74 bits per heavy atom. The van der Waals surface area contributed by atoms with Crippen LogP contribution < -0.4 is 14.9 Å². The zero-order valence-corrected chi connectivity index (χ0v) is 20.2. The van der Waals surface area contributed by atoms with Gasteiger partial charge in [0.05, 0.1) is 11.9 Å². The Morgan fingerprint density at radius 1 is 1.09 bits per heavy atom. The first-order valence-electron chi connectivity index (χ1n) is 10.3. The second kappa shape index (κ2) is 9.66. The molecule has 0 radical (unpaired) electrons. The van der Waals surface area contributed by atoms with Crippen LogP contribution in [0.2, 0.25) is 0 Å². The van der Waals surface area contributed by atoms with Crippen molar-refractivity contribution in [3.63, 3.8) is 0 Å². The van der Waals surface area contributed by atoms with E-state index in [1.807, 2.05) is 0 Å². The predicted molar refractivity (Wildman–Crippen MR) is 127 cm³/mol. The number of alkyl halides is 3. The van der Waals surface area contributed by atoms with Crippen LogP contribution in [0.4, 0.5) is 36.4 Å². The molecule has 0 aliphatic carbocycles. The van der Waals surface area contributed by atoms with Crippen molar-refractivity contribution in [1.82, 2.24) is 15.0 Å². The first-order valence-corrected chi connectivity index (χ1v) is 12.2. The summed E-state index contributed by atoms with van der Waals surface area (Å²) < 4.78 is 65.5. The number of pyridine rings is 1. The van der Waals surface area contributed by atoms with Gasteiger partial charge in [-0.2, -0.15) is 18.2 Å². The zero-order valence-electron chi connectivity index (χ0n) is 19.4. The van der Waals surface area contributed by atoms with Crippen LogP contribution in [0.1, 0.15) is 30.5 Å². The molecule has 0 bridgehead atoms. The zero-order chi connectivity index (χ0) is 26.0. The van der Waals surface area contributed by atoms with Gasteiger partial charge >= 0.3 is 6.18 Å². The molecule has 13 heteroatoms.